The fourth-order valence-electron chi connectivity index (χ4n) is 1.93. The fraction of sp³-hybridized carbons (Fsp3) is 0.375. The van der Waals surface area contributed by atoms with Crippen molar-refractivity contribution in [2.75, 3.05) is 6.61 Å². The second kappa shape index (κ2) is 7.57. The maximum Gasteiger partial charge on any atom is 0.319 e. The Labute approximate surface area is 148 Å². The normalized spacial score (nSPS) is 12.5. The first-order valence-electron chi connectivity index (χ1n) is 7.34. The number of nitrogens with zero attached hydrogens (tertiary/aromatic N) is 3. The number of ketones is 1. The molecule has 128 valence electrons. The number of hydrogen-bond acceptors (Lipinski definition) is 6. The second-order valence-corrected chi connectivity index (χ2v) is 6.43. The number of hydrogen-bond donors (Lipinski definition) is 0. The van der Waals surface area contributed by atoms with Crippen molar-refractivity contribution in [1.82, 2.24) is 14.8 Å². The first-order chi connectivity index (χ1) is 11.4. The highest BCUT2D eigenvalue weighted by atomic mass is 79.9. The Hall–Kier alpha value is -2.22. The minimum atomic E-state index is -1.39. The maximum absolute atomic E-state index is 12.9. The van der Waals surface area contributed by atoms with E-state index in [0.717, 1.165) is 4.47 Å². The van der Waals surface area contributed by atoms with Crippen molar-refractivity contribution in [3.63, 3.8) is 0 Å². The van der Waals surface area contributed by atoms with Crippen LogP contribution in [0.4, 0.5) is 0 Å². The number of carbonyl (C=O) groups is 2. The Kier molecular flexibility index (Phi) is 5.71. The molecule has 0 bridgehead atoms. The number of benzene rings is 1. The third kappa shape index (κ3) is 4.00. The van der Waals surface area contributed by atoms with Crippen molar-refractivity contribution >= 4 is 27.7 Å². The average molecular weight is 396 g/mol. The van der Waals surface area contributed by atoms with E-state index in [1.54, 1.807) is 31.2 Å². The van der Waals surface area contributed by atoms with Gasteiger partial charge in [0.1, 0.15) is 23.8 Å². The molecule has 0 aliphatic carbocycles. The van der Waals surface area contributed by atoms with Gasteiger partial charge >= 0.3 is 5.97 Å². The highest BCUT2D eigenvalue weighted by molar-refractivity contribution is 9.10. The van der Waals surface area contributed by atoms with Crippen molar-refractivity contribution < 1.29 is 19.1 Å². The fourth-order valence-corrected chi connectivity index (χ4v) is 2.19. The molecule has 0 radical (unpaired) electrons. The quantitative estimate of drug-likeness (QED) is 0.529. The smallest absolute Gasteiger partial charge is 0.319 e. The molecule has 0 spiro atoms. The number of rotatable bonds is 7. The van der Waals surface area contributed by atoms with E-state index in [1.807, 2.05) is 0 Å². The summed E-state index contributed by atoms with van der Waals surface area (Å²) in [4.78, 5) is 28.9. The van der Waals surface area contributed by atoms with Crippen molar-refractivity contribution in [2.45, 2.75) is 27.0 Å². The average Bonchev–Trinajstić information content (AvgIpc) is 3.08. The summed E-state index contributed by atoms with van der Waals surface area (Å²) in [5, 5.41) is 3.97. The number of halogens is 1. The lowest BCUT2D eigenvalue weighted by molar-refractivity contribution is -0.162. The van der Waals surface area contributed by atoms with Gasteiger partial charge in [-0.3, -0.25) is 9.59 Å². The van der Waals surface area contributed by atoms with E-state index in [2.05, 4.69) is 26.0 Å². The monoisotopic (exact) mass is 395 g/mol. The van der Waals surface area contributed by atoms with Crippen LogP contribution in [0.1, 0.15) is 27.0 Å². The third-order valence-corrected chi connectivity index (χ3v) is 3.89. The van der Waals surface area contributed by atoms with Crippen LogP contribution < -0.4 is 4.74 Å². The Morgan fingerprint density at radius 1 is 1.29 bits per heavy atom. The number of ether oxygens (including phenoxy) is 2. The van der Waals surface area contributed by atoms with Crippen LogP contribution in [0.3, 0.4) is 0 Å². The molecule has 0 fully saturated rings. The topological polar surface area (TPSA) is 83.3 Å². The number of Topliss-reactive ketones (excluding diaryl/α,β-unsaturated/α-hetero) is 1. The molecule has 0 saturated carbocycles. The zero-order valence-electron chi connectivity index (χ0n) is 13.6. The summed E-state index contributed by atoms with van der Waals surface area (Å²) in [7, 11) is 0. The van der Waals surface area contributed by atoms with E-state index in [1.165, 1.54) is 31.2 Å². The number of esters is 1. The molecule has 1 heterocycles. The van der Waals surface area contributed by atoms with Gasteiger partial charge in [0.2, 0.25) is 5.78 Å². The molecule has 1 atom stereocenters. The summed E-state index contributed by atoms with van der Waals surface area (Å²) in [6, 6.07) is 6.99. The molecule has 0 aliphatic rings. The van der Waals surface area contributed by atoms with E-state index in [0.29, 0.717) is 5.75 Å². The summed E-state index contributed by atoms with van der Waals surface area (Å²) in [5.41, 5.74) is -1.39. The lowest BCUT2D eigenvalue weighted by Crippen LogP contribution is -2.42. The van der Waals surface area contributed by atoms with Crippen molar-refractivity contribution in [2.24, 2.45) is 5.41 Å². The Bertz CT molecular complexity index is 699. The third-order valence-electron chi connectivity index (χ3n) is 3.36. The summed E-state index contributed by atoms with van der Waals surface area (Å²) in [5.74, 6) is -0.624. The van der Waals surface area contributed by atoms with E-state index in [9.17, 15) is 9.59 Å². The minimum Gasteiger partial charge on any atom is -0.465 e. The Balaban J connectivity index is 2.31. The zero-order valence-corrected chi connectivity index (χ0v) is 15.2. The number of aromatic nitrogens is 3. The van der Waals surface area contributed by atoms with Gasteiger partial charge in [0, 0.05) is 4.47 Å². The predicted octanol–water partition coefficient (Wildman–Crippen LogP) is 2.78. The molecule has 24 heavy (non-hydrogen) atoms. The highest BCUT2D eigenvalue weighted by Crippen LogP contribution is 2.28. The molecule has 0 N–H and O–H groups in total. The van der Waals surface area contributed by atoms with Crippen LogP contribution in [0.5, 0.6) is 5.75 Å². The van der Waals surface area contributed by atoms with Gasteiger partial charge in [0.05, 0.1) is 6.61 Å². The van der Waals surface area contributed by atoms with Gasteiger partial charge in [0.15, 0.2) is 0 Å². The van der Waals surface area contributed by atoms with Gasteiger partial charge < -0.3 is 9.47 Å². The zero-order chi connectivity index (χ0) is 17.7. The molecule has 0 aliphatic heterocycles. The summed E-state index contributed by atoms with van der Waals surface area (Å²) in [6.45, 7) is 4.88. The molecule has 2 aromatic rings. The molecule has 8 heteroatoms. The van der Waals surface area contributed by atoms with E-state index < -0.39 is 23.4 Å². The van der Waals surface area contributed by atoms with Gasteiger partial charge in [-0.2, -0.15) is 5.10 Å². The molecule has 1 aromatic carbocycles. The van der Waals surface area contributed by atoms with Crippen molar-refractivity contribution in [3.8, 4) is 5.75 Å². The molecule has 0 saturated heterocycles. The Morgan fingerprint density at radius 2 is 1.96 bits per heavy atom. The summed E-state index contributed by atoms with van der Waals surface area (Å²) < 4.78 is 12.9. The molecular formula is C16H18BrN3O4. The van der Waals surface area contributed by atoms with Gasteiger partial charge in [-0.1, -0.05) is 15.9 Å². The molecule has 1 aromatic heterocycles. The Morgan fingerprint density at radius 3 is 2.50 bits per heavy atom. The highest BCUT2D eigenvalue weighted by Gasteiger charge is 2.43. The maximum atomic E-state index is 12.9. The first-order valence-corrected chi connectivity index (χ1v) is 8.13. The molecular weight excluding hydrogens is 378 g/mol. The second-order valence-electron chi connectivity index (χ2n) is 5.51. The largest absolute Gasteiger partial charge is 0.465 e. The van der Waals surface area contributed by atoms with Crippen LogP contribution in [-0.4, -0.2) is 33.1 Å². The minimum absolute atomic E-state index is 0.192. The van der Waals surface area contributed by atoms with Crippen molar-refractivity contribution in [1.29, 1.82) is 0 Å². The van der Waals surface area contributed by atoms with Gasteiger partial charge in [-0.05, 0) is 45.0 Å². The van der Waals surface area contributed by atoms with E-state index >= 15 is 0 Å². The summed E-state index contributed by atoms with van der Waals surface area (Å²) in [6.07, 6.45) is 1.53. The number of carbonyl (C=O) groups excluding carboxylic acids is 2. The predicted molar refractivity (Wildman–Crippen MR) is 89.3 cm³/mol. The molecule has 7 nitrogen and oxygen atoms in total. The molecule has 2 rings (SSSR count). The SMILES string of the molecule is CCOC(=O)C(C)(C)C(=O)C(Oc1ccc(Br)cc1)n1cncn1. The lowest BCUT2D eigenvalue weighted by Gasteiger charge is -2.26. The van der Waals surface area contributed by atoms with Gasteiger partial charge in [0.25, 0.3) is 6.23 Å². The molecule has 1 unspecified atom stereocenters. The van der Waals surface area contributed by atoms with Crippen LogP contribution >= 0.6 is 15.9 Å². The standard InChI is InChI=1S/C16H18BrN3O4/c1-4-23-15(22)16(2,3)13(21)14(20-10-18-9-19-20)24-12-7-5-11(17)6-8-12/h5-10,14H,4H2,1-3H3. The van der Waals surface area contributed by atoms with Crippen LogP contribution in [0.2, 0.25) is 0 Å². The first kappa shape index (κ1) is 18.1. The van der Waals surface area contributed by atoms with Gasteiger partial charge in [-0.25, -0.2) is 9.67 Å². The lowest BCUT2D eigenvalue weighted by atomic mass is 9.87. The van der Waals surface area contributed by atoms with Crippen LogP contribution in [0, 0.1) is 5.41 Å². The van der Waals surface area contributed by atoms with Crippen molar-refractivity contribution in [3.05, 3.63) is 41.4 Å². The van der Waals surface area contributed by atoms with E-state index in [4.69, 9.17) is 9.47 Å². The van der Waals surface area contributed by atoms with Gasteiger partial charge in [-0.15, -0.1) is 0 Å². The van der Waals surface area contributed by atoms with Crippen LogP contribution in [0.25, 0.3) is 0 Å². The van der Waals surface area contributed by atoms with Crippen LogP contribution in [0.15, 0.2) is 41.4 Å². The summed E-state index contributed by atoms with van der Waals surface area (Å²) >= 11 is 3.34. The molecule has 0 amide bonds. The van der Waals surface area contributed by atoms with E-state index in [-0.39, 0.29) is 6.61 Å². The van der Waals surface area contributed by atoms with Crippen LogP contribution in [-0.2, 0) is 14.3 Å².